The van der Waals surface area contributed by atoms with E-state index in [2.05, 4.69) is 10.3 Å². The fourth-order valence-corrected chi connectivity index (χ4v) is 2.14. The highest BCUT2D eigenvalue weighted by Gasteiger charge is 2.32. The van der Waals surface area contributed by atoms with Crippen molar-refractivity contribution in [3.63, 3.8) is 0 Å². The minimum absolute atomic E-state index is 0.0441. The predicted molar refractivity (Wildman–Crippen MR) is 70.6 cm³/mol. The summed E-state index contributed by atoms with van der Waals surface area (Å²) in [6.45, 7) is 1.61. The average Bonchev–Trinajstić information content (AvgIpc) is 2.39. The molecule has 0 fully saturated rings. The lowest BCUT2D eigenvalue weighted by Crippen LogP contribution is -2.41. The Morgan fingerprint density at radius 3 is 2.55 bits per heavy atom. The van der Waals surface area contributed by atoms with Crippen LogP contribution >= 0.6 is 11.8 Å². The van der Waals surface area contributed by atoms with Gasteiger partial charge >= 0.3 is 6.18 Å². The summed E-state index contributed by atoms with van der Waals surface area (Å²) in [6.07, 6.45) is -1.84. The first-order valence-electron chi connectivity index (χ1n) is 5.77. The van der Waals surface area contributed by atoms with Gasteiger partial charge in [-0.1, -0.05) is 0 Å². The fourth-order valence-electron chi connectivity index (χ4n) is 1.52. The Kier molecular flexibility index (Phi) is 5.82. The van der Waals surface area contributed by atoms with E-state index in [0.717, 1.165) is 18.3 Å². The summed E-state index contributed by atoms with van der Waals surface area (Å²) < 4.78 is 37.0. The number of aromatic nitrogens is 1. The van der Waals surface area contributed by atoms with Gasteiger partial charge in [-0.25, -0.2) is 0 Å². The smallest absolute Gasteiger partial charge is 0.395 e. The topological polar surface area (TPSA) is 62.2 Å². The van der Waals surface area contributed by atoms with Gasteiger partial charge in [0, 0.05) is 17.5 Å². The van der Waals surface area contributed by atoms with Gasteiger partial charge in [0.25, 0.3) is 5.91 Å². The number of halogens is 3. The van der Waals surface area contributed by atoms with Gasteiger partial charge in [-0.3, -0.25) is 9.78 Å². The normalized spacial score (nSPS) is 14.7. The number of aliphatic hydroxyl groups is 1. The molecule has 2 atom stereocenters. The summed E-state index contributed by atoms with van der Waals surface area (Å²) in [5, 5.41) is 11.5. The van der Waals surface area contributed by atoms with Gasteiger partial charge in [0.1, 0.15) is 5.69 Å². The first-order chi connectivity index (χ1) is 9.29. The Balaban J connectivity index is 2.73. The molecule has 0 unspecified atom stereocenters. The molecule has 1 heterocycles. The van der Waals surface area contributed by atoms with Crippen LogP contribution < -0.4 is 5.32 Å². The predicted octanol–water partition coefficient (Wildman–Crippen LogP) is 1.94. The summed E-state index contributed by atoms with van der Waals surface area (Å²) in [5.74, 6) is -0.522. The van der Waals surface area contributed by atoms with Gasteiger partial charge in [-0.2, -0.15) is 24.9 Å². The molecule has 1 amide bonds. The zero-order valence-electron chi connectivity index (χ0n) is 10.9. The molecule has 0 aliphatic carbocycles. The van der Waals surface area contributed by atoms with Crippen LogP contribution in [-0.2, 0) is 6.18 Å². The van der Waals surface area contributed by atoms with Crippen molar-refractivity contribution in [1.29, 1.82) is 0 Å². The Hall–Kier alpha value is -1.28. The molecule has 0 aliphatic heterocycles. The number of hydrogen-bond acceptors (Lipinski definition) is 4. The van der Waals surface area contributed by atoms with Crippen LogP contribution in [0.25, 0.3) is 0 Å². The van der Waals surface area contributed by atoms with Crippen LogP contribution in [0.15, 0.2) is 18.3 Å². The number of carbonyl (C=O) groups excluding carboxylic acids is 1. The highest BCUT2D eigenvalue weighted by molar-refractivity contribution is 7.99. The van der Waals surface area contributed by atoms with Gasteiger partial charge in [0.05, 0.1) is 12.2 Å². The Labute approximate surface area is 118 Å². The van der Waals surface area contributed by atoms with Gasteiger partial charge in [0.2, 0.25) is 0 Å². The Morgan fingerprint density at radius 2 is 2.15 bits per heavy atom. The van der Waals surface area contributed by atoms with Gasteiger partial charge in [-0.05, 0) is 25.3 Å². The molecule has 20 heavy (non-hydrogen) atoms. The number of nitrogens with one attached hydrogen (secondary N) is 1. The van der Waals surface area contributed by atoms with E-state index < -0.39 is 17.8 Å². The van der Waals surface area contributed by atoms with Crippen molar-refractivity contribution in [2.75, 3.05) is 12.9 Å². The molecule has 8 heteroatoms. The van der Waals surface area contributed by atoms with Crippen LogP contribution in [0, 0.1) is 0 Å². The zero-order valence-corrected chi connectivity index (χ0v) is 11.8. The highest BCUT2D eigenvalue weighted by atomic mass is 32.2. The molecule has 112 valence electrons. The molecular weight excluding hydrogens is 293 g/mol. The number of thioether (sulfide) groups is 1. The Bertz CT molecular complexity index is 447. The van der Waals surface area contributed by atoms with E-state index in [0.29, 0.717) is 0 Å². The average molecular weight is 308 g/mol. The van der Waals surface area contributed by atoms with E-state index >= 15 is 0 Å². The molecule has 0 bridgehead atoms. The van der Waals surface area contributed by atoms with E-state index in [1.807, 2.05) is 0 Å². The largest absolute Gasteiger partial charge is 0.433 e. The summed E-state index contributed by atoms with van der Waals surface area (Å²) in [7, 11) is 0. The highest BCUT2D eigenvalue weighted by Crippen LogP contribution is 2.27. The molecular formula is C12H15F3N2O2S. The minimum atomic E-state index is -4.52. The third-order valence-corrected chi connectivity index (χ3v) is 3.88. The minimum Gasteiger partial charge on any atom is -0.395 e. The van der Waals surface area contributed by atoms with Crippen LogP contribution in [-0.4, -0.2) is 40.2 Å². The fraction of sp³-hybridized carbons (Fsp3) is 0.500. The van der Waals surface area contributed by atoms with Crippen LogP contribution in [0.3, 0.4) is 0 Å². The molecule has 1 aromatic heterocycles. The van der Waals surface area contributed by atoms with E-state index in [9.17, 15) is 18.0 Å². The van der Waals surface area contributed by atoms with Crippen LogP contribution in [0.4, 0.5) is 13.2 Å². The first kappa shape index (κ1) is 16.8. The second kappa shape index (κ2) is 6.94. The van der Waals surface area contributed by atoms with Gasteiger partial charge < -0.3 is 10.4 Å². The molecule has 4 nitrogen and oxygen atoms in total. The van der Waals surface area contributed by atoms with Crippen molar-refractivity contribution in [1.82, 2.24) is 10.3 Å². The molecule has 1 rings (SSSR count). The Morgan fingerprint density at radius 1 is 1.50 bits per heavy atom. The summed E-state index contributed by atoms with van der Waals surface area (Å²) >= 11 is 1.39. The third-order valence-electron chi connectivity index (χ3n) is 2.72. The quantitative estimate of drug-likeness (QED) is 0.873. The number of pyridine rings is 1. The van der Waals surface area contributed by atoms with E-state index in [1.165, 1.54) is 11.8 Å². The van der Waals surface area contributed by atoms with Crippen molar-refractivity contribution >= 4 is 17.7 Å². The maximum atomic E-state index is 12.3. The number of carbonyl (C=O) groups is 1. The molecule has 2 N–H and O–H groups in total. The van der Waals surface area contributed by atoms with Crippen LogP contribution in [0.1, 0.15) is 23.0 Å². The summed E-state index contributed by atoms with van der Waals surface area (Å²) in [4.78, 5) is 15.1. The maximum absolute atomic E-state index is 12.3. The number of amides is 1. The number of nitrogens with zero attached hydrogens (tertiary/aromatic N) is 1. The molecule has 0 saturated carbocycles. The van der Waals surface area contributed by atoms with Crippen molar-refractivity contribution < 1.29 is 23.1 Å². The summed E-state index contributed by atoms with van der Waals surface area (Å²) in [5.41, 5.74) is -0.998. The van der Waals surface area contributed by atoms with Crippen molar-refractivity contribution in [3.8, 4) is 0 Å². The second-order valence-electron chi connectivity index (χ2n) is 4.15. The second-order valence-corrected chi connectivity index (χ2v) is 5.23. The van der Waals surface area contributed by atoms with Crippen LogP contribution in [0.5, 0.6) is 0 Å². The molecule has 0 radical (unpaired) electrons. The molecule has 0 saturated heterocycles. The lowest BCUT2D eigenvalue weighted by atomic mass is 10.2. The van der Waals surface area contributed by atoms with Crippen LogP contribution in [0.2, 0.25) is 0 Å². The SMILES string of the molecule is CS[C@H](CO)[C@H](C)NC(=O)c1ccc(C(F)(F)F)nc1. The van der Waals surface area contributed by atoms with E-state index in [-0.39, 0.29) is 23.5 Å². The molecule has 0 spiro atoms. The first-order valence-corrected chi connectivity index (χ1v) is 7.06. The monoisotopic (exact) mass is 308 g/mol. The molecule has 1 aromatic rings. The zero-order chi connectivity index (χ0) is 15.3. The number of alkyl halides is 3. The van der Waals surface area contributed by atoms with Crippen molar-refractivity contribution in [3.05, 3.63) is 29.6 Å². The molecule has 0 aromatic carbocycles. The lowest BCUT2D eigenvalue weighted by Gasteiger charge is -2.21. The summed E-state index contributed by atoms with van der Waals surface area (Å²) in [6, 6.07) is 1.52. The number of aliphatic hydroxyl groups excluding tert-OH is 1. The van der Waals surface area contributed by atoms with Crippen molar-refractivity contribution in [2.45, 2.75) is 24.4 Å². The van der Waals surface area contributed by atoms with E-state index in [4.69, 9.17) is 5.11 Å². The molecule has 0 aliphatic rings. The number of hydrogen-bond donors (Lipinski definition) is 2. The third kappa shape index (κ3) is 4.38. The maximum Gasteiger partial charge on any atom is 0.433 e. The van der Waals surface area contributed by atoms with Crippen molar-refractivity contribution in [2.24, 2.45) is 0 Å². The van der Waals surface area contributed by atoms with E-state index in [1.54, 1.807) is 13.2 Å². The van der Waals surface area contributed by atoms with Gasteiger partial charge in [0.15, 0.2) is 0 Å². The lowest BCUT2D eigenvalue weighted by molar-refractivity contribution is -0.141. The number of rotatable bonds is 5. The standard InChI is InChI=1S/C12H15F3N2O2S/c1-7(9(6-18)20-2)17-11(19)8-3-4-10(16-5-8)12(13,14)15/h3-5,7,9,18H,6H2,1-2H3,(H,17,19)/t7-,9+/m0/s1. The van der Waals surface area contributed by atoms with Gasteiger partial charge in [-0.15, -0.1) is 0 Å².